The molecule has 20 heavy (non-hydrogen) atoms. The number of hydrogen-bond donors (Lipinski definition) is 1. The third kappa shape index (κ3) is 3.95. The van der Waals surface area contributed by atoms with Crippen molar-refractivity contribution in [3.63, 3.8) is 0 Å². The number of thioether (sulfide) groups is 1. The lowest BCUT2D eigenvalue weighted by atomic mass is 10.1. The summed E-state index contributed by atoms with van der Waals surface area (Å²) < 4.78 is 0. The van der Waals surface area contributed by atoms with Gasteiger partial charge >= 0.3 is 0 Å². The number of benzene rings is 1. The van der Waals surface area contributed by atoms with Crippen LogP contribution in [0.1, 0.15) is 20.8 Å². The Morgan fingerprint density at radius 2 is 2.00 bits per heavy atom. The van der Waals surface area contributed by atoms with Crippen LogP contribution >= 0.6 is 23.1 Å². The van der Waals surface area contributed by atoms with Gasteiger partial charge in [0.25, 0.3) is 5.91 Å². The van der Waals surface area contributed by atoms with Crippen LogP contribution < -0.4 is 5.32 Å². The molecule has 1 heterocycles. The number of carbonyl (C=O) groups excluding carboxylic acids is 2. The second-order valence-corrected chi connectivity index (χ2v) is 6.39. The molecule has 0 radical (unpaired) electrons. The summed E-state index contributed by atoms with van der Waals surface area (Å²) in [6.45, 7) is 4.09. The molecule has 0 fully saturated rings. The summed E-state index contributed by atoms with van der Waals surface area (Å²) >= 11 is 2.75. The minimum absolute atomic E-state index is 0.236. The van der Waals surface area contributed by atoms with Gasteiger partial charge < -0.3 is 0 Å². The molecule has 0 saturated heterocycles. The van der Waals surface area contributed by atoms with Crippen molar-refractivity contribution in [2.75, 3.05) is 5.75 Å². The van der Waals surface area contributed by atoms with Crippen molar-refractivity contribution in [2.24, 2.45) is 0 Å². The predicted octanol–water partition coefficient (Wildman–Crippen LogP) is 3.41. The Kier molecular flexibility index (Phi) is 4.98. The van der Waals surface area contributed by atoms with E-state index >= 15 is 0 Å². The average Bonchev–Trinajstić information content (AvgIpc) is 2.94. The van der Waals surface area contributed by atoms with Crippen LogP contribution in [0.15, 0.2) is 40.6 Å². The first kappa shape index (κ1) is 14.8. The van der Waals surface area contributed by atoms with E-state index in [4.69, 9.17) is 0 Å². The van der Waals surface area contributed by atoms with Gasteiger partial charge in [-0.1, -0.05) is 12.1 Å². The molecule has 1 aromatic carbocycles. The Morgan fingerprint density at radius 3 is 2.65 bits per heavy atom. The number of nitrogens with one attached hydrogen (secondary N) is 1. The van der Waals surface area contributed by atoms with Gasteiger partial charge in [-0.3, -0.25) is 14.9 Å². The van der Waals surface area contributed by atoms with Gasteiger partial charge in [-0.15, -0.1) is 23.1 Å². The summed E-state index contributed by atoms with van der Waals surface area (Å²) in [5.41, 5.74) is 2.43. The minimum Gasteiger partial charge on any atom is -0.291 e. The van der Waals surface area contributed by atoms with E-state index in [1.165, 1.54) is 34.2 Å². The smallest absolute Gasteiger partial charge is 0.267 e. The van der Waals surface area contributed by atoms with Crippen LogP contribution in [0.2, 0.25) is 0 Å². The van der Waals surface area contributed by atoms with Crippen molar-refractivity contribution in [1.82, 2.24) is 5.32 Å². The molecule has 0 aliphatic heterocycles. The topological polar surface area (TPSA) is 46.2 Å². The van der Waals surface area contributed by atoms with Crippen LogP contribution in [0.5, 0.6) is 0 Å². The first-order valence-electron chi connectivity index (χ1n) is 6.14. The van der Waals surface area contributed by atoms with Gasteiger partial charge in [0.05, 0.1) is 10.6 Å². The second-order valence-electron chi connectivity index (χ2n) is 4.39. The summed E-state index contributed by atoms with van der Waals surface area (Å²) in [5, 5.41) is 4.20. The molecule has 0 aliphatic carbocycles. The predicted molar refractivity (Wildman–Crippen MR) is 83.4 cm³/mol. The number of amides is 2. The lowest BCUT2D eigenvalue weighted by Crippen LogP contribution is -2.31. The number of rotatable bonds is 4. The van der Waals surface area contributed by atoms with Crippen LogP contribution in [0, 0.1) is 13.8 Å². The highest BCUT2D eigenvalue weighted by Gasteiger charge is 2.11. The summed E-state index contributed by atoms with van der Waals surface area (Å²) in [7, 11) is 0. The Labute approximate surface area is 126 Å². The molecule has 3 nitrogen and oxygen atoms in total. The molecule has 0 saturated carbocycles. The average molecular weight is 305 g/mol. The summed E-state index contributed by atoms with van der Waals surface area (Å²) in [4.78, 5) is 25.0. The summed E-state index contributed by atoms with van der Waals surface area (Å²) in [6, 6.07) is 9.56. The molecule has 104 valence electrons. The largest absolute Gasteiger partial charge is 0.291 e. The molecule has 1 aromatic heterocycles. The zero-order valence-electron chi connectivity index (χ0n) is 11.3. The van der Waals surface area contributed by atoms with Gasteiger partial charge in [0.1, 0.15) is 0 Å². The fourth-order valence-electron chi connectivity index (χ4n) is 1.58. The van der Waals surface area contributed by atoms with Gasteiger partial charge in [0, 0.05) is 4.90 Å². The highest BCUT2D eigenvalue weighted by molar-refractivity contribution is 8.00. The molecule has 0 aliphatic rings. The monoisotopic (exact) mass is 305 g/mol. The van der Waals surface area contributed by atoms with Crippen molar-refractivity contribution >= 4 is 34.9 Å². The summed E-state index contributed by atoms with van der Waals surface area (Å²) in [6.07, 6.45) is 0. The molecule has 0 bridgehead atoms. The highest BCUT2D eigenvalue weighted by atomic mass is 32.2. The molecule has 5 heteroatoms. The van der Waals surface area contributed by atoms with Crippen molar-refractivity contribution in [2.45, 2.75) is 18.7 Å². The van der Waals surface area contributed by atoms with Gasteiger partial charge in [0.2, 0.25) is 5.91 Å². The van der Waals surface area contributed by atoms with E-state index in [0.717, 1.165) is 4.90 Å². The van der Waals surface area contributed by atoms with E-state index in [-0.39, 0.29) is 17.6 Å². The van der Waals surface area contributed by atoms with E-state index < -0.39 is 0 Å². The number of hydrogen-bond acceptors (Lipinski definition) is 4. The van der Waals surface area contributed by atoms with E-state index in [2.05, 4.69) is 12.2 Å². The Balaban J connectivity index is 1.86. The van der Waals surface area contributed by atoms with Gasteiger partial charge in [-0.25, -0.2) is 0 Å². The van der Waals surface area contributed by atoms with E-state index in [1.54, 1.807) is 12.1 Å². The van der Waals surface area contributed by atoms with Gasteiger partial charge in [-0.2, -0.15) is 0 Å². The quantitative estimate of drug-likeness (QED) is 0.881. The lowest BCUT2D eigenvalue weighted by molar-refractivity contribution is -0.117. The van der Waals surface area contributed by atoms with Crippen LogP contribution in [-0.4, -0.2) is 17.6 Å². The standard InChI is InChI=1S/C15H15NO2S2/c1-10-5-6-12(8-11(10)2)20-9-14(17)16-15(18)13-4-3-7-19-13/h3-8H,9H2,1-2H3,(H,16,17,18). The molecular weight excluding hydrogens is 290 g/mol. The Hall–Kier alpha value is -1.59. The van der Waals surface area contributed by atoms with Crippen LogP contribution in [-0.2, 0) is 4.79 Å². The maximum absolute atomic E-state index is 11.7. The fraction of sp³-hybridized carbons (Fsp3) is 0.200. The number of aryl methyl sites for hydroxylation is 2. The van der Waals surface area contributed by atoms with Crippen LogP contribution in [0.4, 0.5) is 0 Å². The van der Waals surface area contributed by atoms with Crippen molar-refractivity contribution < 1.29 is 9.59 Å². The van der Waals surface area contributed by atoms with E-state index in [1.807, 2.05) is 30.5 Å². The lowest BCUT2D eigenvalue weighted by Gasteiger charge is -2.05. The molecule has 2 rings (SSSR count). The van der Waals surface area contributed by atoms with Crippen LogP contribution in [0.25, 0.3) is 0 Å². The Morgan fingerprint density at radius 1 is 1.20 bits per heavy atom. The Bertz CT molecular complexity index is 621. The van der Waals surface area contributed by atoms with Gasteiger partial charge in [-0.05, 0) is 48.6 Å². The third-order valence-corrected chi connectivity index (χ3v) is 4.71. The van der Waals surface area contributed by atoms with E-state index in [0.29, 0.717) is 4.88 Å². The third-order valence-electron chi connectivity index (χ3n) is 2.85. The maximum Gasteiger partial charge on any atom is 0.267 e. The molecule has 2 aromatic rings. The van der Waals surface area contributed by atoms with E-state index in [9.17, 15) is 9.59 Å². The fourth-order valence-corrected chi connectivity index (χ4v) is 3.00. The molecule has 1 N–H and O–H groups in total. The molecular formula is C15H15NO2S2. The number of carbonyl (C=O) groups is 2. The zero-order valence-corrected chi connectivity index (χ0v) is 12.9. The van der Waals surface area contributed by atoms with Crippen molar-refractivity contribution in [3.8, 4) is 0 Å². The van der Waals surface area contributed by atoms with Crippen LogP contribution in [0.3, 0.4) is 0 Å². The summed E-state index contributed by atoms with van der Waals surface area (Å²) in [5.74, 6) is -0.364. The van der Waals surface area contributed by atoms with Crippen molar-refractivity contribution in [1.29, 1.82) is 0 Å². The molecule has 0 unspecified atom stereocenters. The molecule has 0 spiro atoms. The van der Waals surface area contributed by atoms with Crippen molar-refractivity contribution in [3.05, 3.63) is 51.7 Å². The minimum atomic E-state index is -0.328. The molecule has 2 amide bonds. The maximum atomic E-state index is 11.7. The first-order valence-corrected chi connectivity index (χ1v) is 8.00. The zero-order chi connectivity index (χ0) is 14.5. The number of thiophene rings is 1. The van der Waals surface area contributed by atoms with Gasteiger partial charge in [0.15, 0.2) is 0 Å². The number of imide groups is 1. The highest BCUT2D eigenvalue weighted by Crippen LogP contribution is 2.20. The normalized spacial score (nSPS) is 10.3. The molecule has 0 atom stereocenters. The first-order chi connectivity index (χ1) is 9.56. The SMILES string of the molecule is Cc1ccc(SCC(=O)NC(=O)c2cccs2)cc1C. The second kappa shape index (κ2) is 6.72.